The quantitative estimate of drug-likeness (QED) is 0.263. The van der Waals surface area contributed by atoms with Crippen LogP contribution in [-0.2, 0) is 11.3 Å². The molecule has 0 fully saturated rings. The number of aliphatic hydroxyl groups is 2. The normalized spacial score (nSPS) is 13.4. The molecule has 7 nitrogen and oxygen atoms in total. The van der Waals surface area contributed by atoms with E-state index in [4.69, 9.17) is 15.2 Å². The molecule has 0 saturated heterocycles. The summed E-state index contributed by atoms with van der Waals surface area (Å²) in [5.41, 5.74) is 5.70. The first-order valence-corrected chi connectivity index (χ1v) is 12.6. The summed E-state index contributed by atoms with van der Waals surface area (Å²) >= 11 is 0. The van der Waals surface area contributed by atoms with E-state index in [1.807, 2.05) is 55.8 Å². The van der Waals surface area contributed by atoms with Gasteiger partial charge in [-0.25, -0.2) is 14.1 Å². The maximum absolute atomic E-state index is 13.9. The average molecular weight is 518 g/mol. The summed E-state index contributed by atoms with van der Waals surface area (Å²) in [6.45, 7) is 6.50. The molecule has 4 rings (SSSR count). The number of carbonyl (C=O) groups is 1. The van der Waals surface area contributed by atoms with Gasteiger partial charge in [0.15, 0.2) is 5.65 Å². The van der Waals surface area contributed by atoms with Gasteiger partial charge >= 0.3 is 5.97 Å². The maximum atomic E-state index is 13.9. The Balaban J connectivity index is 1.89. The van der Waals surface area contributed by atoms with Crippen LogP contribution in [0.3, 0.4) is 0 Å². The lowest BCUT2D eigenvalue weighted by atomic mass is 9.91. The molecule has 38 heavy (non-hydrogen) atoms. The molecule has 2 atom stereocenters. The Kier molecular flexibility index (Phi) is 8.34. The monoisotopic (exact) mass is 517 g/mol. The standard InChI is InChI=1S/C30H32FN3O4/c1-18(2)29-25(14-13-23(35)15-24(36)16-26(37)38)28(21-9-11-22(31)12-10-21)27-19(3)33-34(30(27)32-29)17-20-7-5-4-6-8-20/h4-14,18,23-24,35-36H,15-17H2,1-3H3,(H,37,38). The van der Waals surface area contributed by atoms with Crippen LogP contribution in [0.5, 0.6) is 0 Å². The fourth-order valence-electron chi connectivity index (χ4n) is 4.65. The number of halogens is 1. The van der Waals surface area contributed by atoms with Crippen molar-refractivity contribution in [3.63, 3.8) is 0 Å². The Labute approximate surface area is 220 Å². The lowest BCUT2D eigenvalue weighted by Crippen LogP contribution is -2.19. The van der Waals surface area contributed by atoms with Gasteiger partial charge in [0.25, 0.3) is 0 Å². The molecule has 0 amide bonds. The number of aromatic nitrogens is 3. The number of nitrogens with zero attached hydrogens (tertiary/aromatic N) is 3. The third kappa shape index (κ3) is 6.15. The molecule has 4 aromatic rings. The van der Waals surface area contributed by atoms with Crippen molar-refractivity contribution in [2.24, 2.45) is 0 Å². The zero-order chi connectivity index (χ0) is 27.4. The van der Waals surface area contributed by atoms with Gasteiger partial charge in [-0.15, -0.1) is 0 Å². The van der Waals surface area contributed by atoms with Crippen molar-refractivity contribution in [3.05, 3.63) is 89.0 Å². The van der Waals surface area contributed by atoms with E-state index in [1.165, 1.54) is 18.2 Å². The molecular formula is C30H32FN3O4. The predicted octanol–water partition coefficient (Wildman–Crippen LogP) is 5.32. The molecule has 0 bridgehead atoms. The fraction of sp³-hybridized carbons (Fsp3) is 0.300. The molecule has 0 aliphatic heterocycles. The molecule has 0 radical (unpaired) electrons. The van der Waals surface area contributed by atoms with Gasteiger partial charge in [0.2, 0.25) is 0 Å². The number of carboxylic acid groups (broad SMARTS) is 1. The number of aryl methyl sites for hydroxylation is 1. The number of rotatable bonds is 10. The van der Waals surface area contributed by atoms with E-state index in [0.29, 0.717) is 12.2 Å². The summed E-state index contributed by atoms with van der Waals surface area (Å²) in [5.74, 6) is -1.47. The highest BCUT2D eigenvalue weighted by atomic mass is 19.1. The number of carboxylic acids is 1. The molecule has 2 aromatic heterocycles. The first-order valence-electron chi connectivity index (χ1n) is 12.6. The van der Waals surface area contributed by atoms with E-state index in [9.17, 15) is 19.4 Å². The van der Waals surface area contributed by atoms with Crippen molar-refractivity contribution in [1.82, 2.24) is 14.8 Å². The molecule has 0 spiro atoms. The second-order valence-corrected chi connectivity index (χ2v) is 9.79. The fourth-order valence-corrected chi connectivity index (χ4v) is 4.65. The summed E-state index contributed by atoms with van der Waals surface area (Å²) in [6, 6.07) is 16.2. The van der Waals surface area contributed by atoms with E-state index in [2.05, 4.69) is 0 Å². The molecule has 0 aliphatic rings. The Morgan fingerprint density at radius 3 is 2.39 bits per heavy atom. The molecule has 2 unspecified atom stereocenters. The second-order valence-electron chi connectivity index (χ2n) is 9.79. The minimum Gasteiger partial charge on any atom is -0.481 e. The molecule has 3 N–H and O–H groups in total. The largest absolute Gasteiger partial charge is 0.481 e. The van der Waals surface area contributed by atoms with Crippen LogP contribution in [0.15, 0.2) is 60.7 Å². The topological polar surface area (TPSA) is 108 Å². The average Bonchev–Trinajstić information content (AvgIpc) is 3.17. The highest BCUT2D eigenvalue weighted by molar-refractivity contribution is 6.00. The van der Waals surface area contributed by atoms with Gasteiger partial charge in [-0.1, -0.05) is 68.5 Å². The number of hydrogen-bond donors (Lipinski definition) is 3. The molecular weight excluding hydrogens is 485 g/mol. The lowest BCUT2D eigenvalue weighted by molar-refractivity contribution is -0.139. The number of fused-ring (bicyclic) bond motifs is 1. The zero-order valence-electron chi connectivity index (χ0n) is 21.7. The number of aliphatic carboxylic acids is 1. The first kappa shape index (κ1) is 27.2. The maximum Gasteiger partial charge on any atom is 0.305 e. The van der Waals surface area contributed by atoms with Crippen molar-refractivity contribution in [2.45, 2.75) is 58.3 Å². The van der Waals surface area contributed by atoms with Crippen LogP contribution in [-0.4, -0.2) is 48.3 Å². The van der Waals surface area contributed by atoms with Crippen molar-refractivity contribution in [3.8, 4) is 11.1 Å². The molecule has 0 saturated carbocycles. The van der Waals surface area contributed by atoms with E-state index >= 15 is 0 Å². The summed E-state index contributed by atoms with van der Waals surface area (Å²) in [5, 5.41) is 35.0. The van der Waals surface area contributed by atoms with Crippen molar-refractivity contribution >= 4 is 23.1 Å². The van der Waals surface area contributed by atoms with Gasteiger partial charge in [-0.05, 0) is 36.1 Å². The van der Waals surface area contributed by atoms with Crippen molar-refractivity contribution in [2.75, 3.05) is 0 Å². The Hall–Kier alpha value is -3.88. The molecule has 198 valence electrons. The first-order chi connectivity index (χ1) is 18.1. The van der Waals surface area contributed by atoms with Gasteiger partial charge in [0.1, 0.15) is 5.82 Å². The molecule has 8 heteroatoms. The Bertz CT molecular complexity index is 1450. The molecule has 0 aliphatic carbocycles. The smallest absolute Gasteiger partial charge is 0.305 e. The third-order valence-corrected chi connectivity index (χ3v) is 6.39. The number of benzene rings is 2. The van der Waals surface area contributed by atoms with Crippen LogP contribution in [0.1, 0.15) is 55.1 Å². The van der Waals surface area contributed by atoms with Gasteiger partial charge in [-0.2, -0.15) is 5.10 Å². The van der Waals surface area contributed by atoms with Crippen molar-refractivity contribution < 1.29 is 24.5 Å². The zero-order valence-corrected chi connectivity index (χ0v) is 21.7. The Morgan fingerprint density at radius 2 is 1.76 bits per heavy atom. The van der Waals surface area contributed by atoms with Gasteiger partial charge in [0, 0.05) is 17.5 Å². The minimum absolute atomic E-state index is 0.00775. The van der Waals surface area contributed by atoms with Gasteiger partial charge in [0.05, 0.1) is 41.9 Å². The van der Waals surface area contributed by atoms with E-state index in [-0.39, 0.29) is 18.2 Å². The summed E-state index contributed by atoms with van der Waals surface area (Å²) in [6.07, 6.45) is 0.491. The van der Waals surface area contributed by atoms with Crippen LogP contribution < -0.4 is 0 Å². The number of aliphatic hydroxyl groups excluding tert-OH is 2. The van der Waals surface area contributed by atoms with E-state index < -0.39 is 24.6 Å². The van der Waals surface area contributed by atoms with Crippen LogP contribution in [0.2, 0.25) is 0 Å². The van der Waals surface area contributed by atoms with E-state index in [0.717, 1.165) is 39.0 Å². The second kappa shape index (κ2) is 11.7. The summed E-state index contributed by atoms with van der Waals surface area (Å²) in [4.78, 5) is 15.9. The molecule has 2 aromatic carbocycles. The van der Waals surface area contributed by atoms with Crippen LogP contribution in [0.25, 0.3) is 28.2 Å². The van der Waals surface area contributed by atoms with Gasteiger partial charge in [-0.3, -0.25) is 4.79 Å². The minimum atomic E-state index is -1.17. The highest BCUT2D eigenvalue weighted by Crippen LogP contribution is 2.38. The van der Waals surface area contributed by atoms with E-state index in [1.54, 1.807) is 18.2 Å². The summed E-state index contributed by atoms with van der Waals surface area (Å²) in [7, 11) is 0. The third-order valence-electron chi connectivity index (χ3n) is 6.39. The predicted molar refractivity (Wildman–Crippen MR) is 145 cm³/mol. The Morgan fingerprint density at radius 1 is 1.08 bits per heavy atom. The van der Waals surface area contributed by atoms with Crippen molar-refractivity contribution in [1.29, 1.82) is 0 Å². The molecule has 2 heterocycles. The number of hydrogen-bond acceptors (Lipinski definition) is 5. The summed E-state index contributed by atoms with van der Waals surface area (Å²) < 4.78 is 15.8. The highest BCUT2D eigenvalue weighted by Gasteiger charge is 2.23. The van der Waals surface area contributed by atoms with Crippen LogP contribution in [0.4, 0.5) is 4.39 Å². The van der Waals surface area contributed by atoms with Gasteiger partial charge < -0.3 is 15.3 Å². The van der Waals surface area contributed by atoms with Crippen LogP contribution >= 0.6 is 0 Å². The SMILES string of the molecule is Cc1nn(Cc2ccccc2)c2nc(C(C)C)c(C=CC(O)CC(O)CC(=O)O)c(-c3ccc(F)cc3)c12. The van der Waals surface area contributed by atoms with Crippen LogP contribution in [0, 0.1) is 12.7 Å². The lowest BCUT2D eigenvalue weighted by Gasteiger charge is -2.18. The number of pyridine rings is 1.